The number of hydrogen-bond acceptors (Lipinski definition) is 1. The van der Waals surface area contributed by atoms with Gasteiger partial charge < -0.3 is 10.2 Å². The molecule has 0 aromatic heterocycles. The highest BCUT2D eigenvalue weighted by atomic mass is 32.1. The molecule has 3 saturated carbocycles. The second-order valence-corrected chi connectivity index (χ2v) is 6.49. The lowest BCUT2D eigenvalue weighted by Crippen LogP contribution is -2.46. The van der Waals surface area contributed by atoms with E-state index in [0.29, 0.717) is 6.04 Å². The van der Waals surface area contributed by atoms with Crippen LogP contribution >= 0.6 is 12.2 Å². The molecule has 0 aromatic carbocycles. The first-order chi connectivity index (χ1) is 7.66. The van der Waals surface area contributed by atoms with Gasteiger partial charge in [0, 0.05) is 20.1 Å². The first-order valence-electron chi connectivity index (χ1n) is 6.64. The Morgan fingerprint density at radius 1 is 1.12 bits per heavy atom. The van der Waals surface area contributed by atoms with Crippen LogP contribution in [0.2, 0.25) is 0 Å². The molecule has 0 aliphatic heterocycles. The number of thiocarbonyl (C=S) groups is 1. The summed E-state index contributed by atoms with van der Waals surface area (Å²) in [7, 11) is 4.06. The van der Waals surface area contributed by atoms with Crippen LogP contribution in [0.3, 0.4) is 0 Å². The van der Waals surface area contributed by atoms with Gasteiger partial charge in [0.2, 0.25) is 0 Å². The van der Waals surface area contributed by atoms with Gasteiger partial charge in [-0.25, -0.2) is 0 Å². The van der Waals surface area contributed by atoms with E-state index in [2.05, 4.69) is 5.32 Å². The highest BCUT2D eigenvalue weighted by Gasteiger charge is 2.53. The van der Waals surface area contributed by atoms with Crippen molar-refractivity contribution in [2.75, 3.05) is 14.1 Å². The predicted molar refractivity (Wildman–Crippen MR) is 70.3 cm³/mol. The molecule has 3 fully saturated rings. The standard InChI is InChI=1S/C13H22N2S/c1-15(2)13(16)14-12-7-8-6-11(12)10-5-3-4-9(8)10/h8-12H,3-7H2,1-2H3,(H,14,16)/t8-,9+,10+,11-,12+/m0/s1. The summed E-state index contributed by atoms with van der Waals surface area (Å²) in [5.41, 5.74) is 0. The van der Waals surface area contributed by atoms with Crippen molar-refractivity contribution in [1.82, 2.24) is 10.2 Å². The molecule has 3 aliphatic rings. The molecule has 0 radical (unpaired) electrons. The topological polar surface area (TPSA) is 15.3 Å². The molecule has 2 bridgehead atoms. The van der Waals surface area contributed by atoms with Gasteiger partial charge in [-0.15, -0.1) is 0 Å². The summed E-state index contributed by atoms with van der Waals surface area (Å²) in [5, 5.41) is 4.50. The maximum absolute atomic E-state index is 5.37. The summed E-state index contributed by atoms with van der Waals surface area (Å²) in [6.07, 6.45) is 7.32. The molecule has 90 valence electrons. The fourth-order valence-corrected chi connectivity index (χ4v) is 4.67. The van der Waals surface area contributed by atoms with E-state index >= 15 is 0 Å². The van der Waals surface area contributed by atoms with Crippen LogP contribution in [0.15, 0.2) is 0 Å². The lowest BCUT2D eigenvalue weighted by molar-refractivity contribution is 0.221. The Morgan fingerprint density at radius 2 is 1.88 bits per heavy atom. The van der Waals surface area contributed by atoms with Gasteiger partial charge in [0.25, 0.3) is 0 Å². The van der Waals surface area contributed by atoms with E-state index in [9.17, 15) is 0 Å². The van der Waals surface area contributed by atoms with Crippen molar-refractivity contribution >= 4 is 17.3 Å². The molecule has 3 rings (SSSR count). The van der Waals surface area contributed by atoms with Crippen molar-refractivity contribution in [2.24, 2.45) is 23.7 Å². The third kappa shape index (κ3) is 1.55. The van der Waals surface area contributed by atoms with Crippen LogP contribution in [0.1, 0.15) is 32.1 Å². The number of nitrogens with one attached hydrogen (secondary N) is 1. The van der Waals surface area contributed by atoms with E-state index in [1.807, 2.05) is 19.0 Å². The second kappa shape index (κ2) is 3.86. The van der Waals surface area contributed by atoms with Crippen molar-refractivity contribution in [3.05, 3.63) is 0 Å². The summed E-state index contributed by atoms with van der Waals surface area (Å²) < 4.78 is 0. The molecule has 0 aromatic rings. The minimum atomic E-state index is 0.680. The molecule has 3 aliphatic carbocycles. The summed E-state index contributed by atoms with van der Waals surface area (Å²) in [6.45, 7) is 0. The fraction of sp³-hybridized carbons (Fsp3) is 0.923. The van der Waals surface area contributed by atoms with E-state index in [4.69, 9.17) is 12.2 Å². The zero-order valence-electron chi connectivity index (χ0n) is 10.3. The second-order valence-electron chi connectivity index (χ2n) is 6.10. The summed E-state index contributed by atoms with van der Waals surface area (Å²) >= 11 is 5.37. The zero-order valence-corrected chi connectivity index (χ0v) is 11.1. The first-order valence-corrected chi connectivity index (χ1v) is 7.05. The highest BCUT2D eigenvalue weighted by molar-refractivity contribution is 7.80. The van der Waals surface area contributed by atoms with Gasteiger partial charge in [0.1, 0.15) is 0 Å². The van der Waals surface area contributed by atoms with E-state index in [-0.39, 0.29) is 0 Å². The Kier molecular flexibility index (Phi) is 2.61. The van der Waals surface area contributed by atoms with E-state index in [1.54, 1.807) is 0 Å². The molecule has 2 nitrogen and oxygen atoms in total. The van der Waals surface area contributed by atoms with E-state index in [1.165, 1.54) is 32.1 Å². The van der Waals surface area contributed by atoms with Crippen LogP contribution in [0, 0.1) is 23.7 Å². The fourth-order valence-electron chi connectivity index (χ4n) is 4.52. The van der Waals surface area contributed by atoms with Crippen LogP contribution in [0.5, 0.6) is 0 Å². The van der Waals surface area contributed by atoms with Crippen molar-refractivity contribution in [3.63, 3.8) is 0 Å². The minimum absolute atomic E-state index is 0.680. The third-order valence-corrected chi connectivity index (χ3v) is 5.63. The molecule has 3 heteroatoms. The molecular weight excluding hydrogens is 216 g/mol. The molecule has 5 atom stereocenters. The van der Waals surface area contributed by atoms with Crippen LogP contribution in [-0.2, 0) is 0 Å². The monoisotopic (exact) mass is 238 g/mol. The van der Waals surface area contributed by atoms with Gasteiger partial charge in [-0.2, -0.15) is 0 Å². The van der Waals surface area contributed by atoms with Gasteiger partial charge in [-0.05, 0) is 61.6 Å². The van der Waals surface area contributed by atoms with Crippen LogP contribution < -0.4 is 5.32 Å². The number of hydrogen-bond donors (Lipinski definition) is 1. The van der Waals surface area contributed by atoms with Crippen molar-refractivity contribution in [2.45, 2.75) is 38.1 Å². The van der Waals surface area contributed by atoms with Gasteiger partial charge >= 0.3 is 0 Å². The van der Waals surface area contributed by atoms with Crippen molar-refractivity contribution in [1.29, 1.82) is 0 Å². The minimum Gasteiger partial charge on any atom is -0.360 e. The maximum Gasteiger partial charge on any atom is 0.168 e. The molecule has 0 unspecified atom stereocenters. The number of rotatable bonds is 1. The van der Waals surface area contributed by atoms with E-state index in [0.717, 1.165) is 28.8 Å². The normalized spacial score (nSPS) is 44.5. The molecule has 0 spiro atoms. The molecule has 16 heavy (non-hydrogen) atoms. The van der Waals surface area contributed by atoms with Gasteiger partial charge in [0.05, 0.1) is 0 Å². The molecule has 0 saturated heterocycles. The van der Waals surface area contributed by atoms with Crippen LogP contribution in [-0.4, -0.2) is 30.1 Å². The Bertz CT molecular complexity index is 302. The quantitative estimate of drug-likeness (QED) is 0.705. The average molecular weight is 238 g/mol. The molecule has 0 amide bonds. The van der Waals surface area contributed by atoms with E-state index < -0.39 is 0 Å². The molecule has 0 heterocycles. The first kappa shape index (κ1) is 10.8. The Balaban J connectivity index is 1.66. The van der Waals surface area contributed by atoms with Gasteiger partial charge in [-0.3, -0.25) is 0 Å². The lowest BCUT2D eigenvalue weighted by Gasteiger charge is -2.33. The van der Waals surface area contributed by atoms with Crippen LogP contribution in [0.25, 0.3) is 0 Å². The predicted octanol–water partition coefficient (Wildman–Crippen LogP) is 2.25. The van der Waals surface area contributed by atoms with Gasteiger partial charge in [-0.1, -0.05) is 6.42 Å². The number of fused-ring (bicyclic) bond motifs is 5. The summed E-state index contributed by atoms with van der Waals surface area (Å²) in [5.74, 6) is 4.05. The van der Waals surface area contributed by atoms with Gasteiger partial charge in [0.15, 0.2) is 5.11 Å². The highest BCUT2D eigenvalue weighted by Crippen LogP contribution is 2.58. The average Bonchev–Trinajstić information content (AvgIpc) is 2.87. The Labute approximate surface area is 104 Å². The smallest absolute Gasteiger partial charge is 0.168 e. The summed E-state index contributed by atoms with van der Waals surface area (Å²) in [6, 6.07) is 0.680. The van der Waals surface area contributed by atoms with Crippen molar-refractivity contribution < 1.29 is 0 Å². The zero-order chi connectivity index (χ0) is 11.3. The molecular formula is C13H22N2S. The third-order valence-electron chi connectivity index (χ3n) is 5.14. The largest absolute Gasteiger partial charge is 0.360 e. The summed E-state index contributed by atoms with van der Waals surface area (Å²) in [4.78, 5) is 2.02. The Hall–Kier alpha value is -0.310. The maximum atomic E-state index is 5.37. The molecule has 1 N–H and O–H groups in total. The Morgan fingerprint density at radius 3 is 2.62 bits per heavy atom. The number of nitrogens with zero attached hydrogens (tertiary/aromatic N) is 1. The lowest BCUT2D eigenvalue weighted by atomic mass is 9.79. The van der Waals surface area contributed by atoms with Crippen LogP contribution in [0.4, 0.5) is 0 Å². The SMILES string of the molecule is CN(C)C(=S)N[C@@H]1C[C@@H]2C[C@H]1[C@@H]1CCC[C@H]21. The van der Waals surface area contributed by atoms with Crippen molar-refractivity contribution in [3.8, 4) is 0 Å².